The van der Waals surface area contributed by atoms with Crippen molar-refractivity contribution in [3.8, 4) is 0 Å². The molecule has 0 saturated carbocycles. The fourth-order valence-corrected chi connectivity index (χ4v) is 4.90. The van der Waals surface area contributed by atoms with E-state index in [2.05, 4.69) is 22.5 Å². The van der Waals surface area contributed by atoms with E-state index >= 15 is 0 Å². The van der Waals surface area contributed by atoms with E-state index in [4.69, 9.17) is 16.3 Å². The van der Waals surface area contributed by atoms with Crippen LogP contribution >= 0.6 is 34.7 Å². The number of aliphatic hydroxyl groups is 1. The summed E-state index contributed by atoms with van der Waals surface area (Å²) in [5.41, 5.74) is 2.17. The van der Waals surface area contributed by atoms with Gasteiger partial charge in [0.05, 0.1) is 23.7 Å². The average Bonchev–Trinajstić information content (AvgIpc) is 3.21. The number of halogens is 1. The molecule has 1 atom stereocenters. The van der Waals surface area contributed by atoms with Gasteiger partial charge < -0.3 is 9.84 Å². The lowest BCUT2D eigenvalue weighted by Crippen LogP contribution is -2.28. The molecule has 2 aromatic rings. The Balaban J connectivity index is 1.60. The number of aromatic nitrogens is 2. The van der Waals surface area contributed by atoms with Gasteiger partial charge in [0.1, 0.15) is 6.10 Å². The Hall–Kier alpha value is -0.570. The quantitative estimate of drug-likeness (QED) is 0.810. The predicted molar refractivity (Wildman–Crippen MR) is 109 cm³/mol. The first-order chi connectivity index (χ1) is 12.7. The molecule has 144 valence electrons. The molecule has 1 aliphatic rings. The number of hydrogen-bond donors (Lipinski definition) is 1. The lowest BCUT2D eigenvalue weighted by molar-refractivity contribution is 0.0264. The predicted octanol–water partition coefficient (Wildman–Crippen LogP) is 3.46. The van der Waals surface area contributed by atoms with Crippen molar-refractivity contribution in [3.05, 3.63) is 38.8 Å². The van der Waals surface area contributed by atoms with Crippen LogP contribution in [0.15, 0.2) is 18.5 Å². The third kappa shape index (κ3) is 5.71. The van der Waals surface area contributed by atoms with Crippen molar-refractivity contribution < 1.29 is 9.84 Å². The molecule has 8 heteroatoms. The van der Waals surface area contributed by atoms with Gasteiger partial charge in [-0.15, -0.1) is 11.3 Å². The first-order valence-electron chi connectivity index (χ1n) is 8.92. The molecule has 0 amide bonds. The zero-order valence-electron chi connectivity index (χ0n) is 15.1. The highest BCUT2D eigenvalue weighted by Crippen LogP contribution is 2.32. The van der Waals surface area contributed by atoms with Gasteiger partial charge in [0.15, 0.2) is 0 Å². The Kier molecular flexibility index (Phi) is 7.84. The van der Waals surface area contributed by atoms with Gasteiger partial charge in [0.2, 0.25) is 0 Å². The summed E-state index contributed by atoms with van der Waals surface area (Å²) < 4.78 is 8.47. The molecule has 0 aromatic carbocycles. The molecule has 1 N–H and O–H groups in total. The fourth-order valence-electron chi connectivity index (χ4n) is 3.15. The second kappa shape index (κ2) is 10.1. The molecular formula is C18H26ClN3O2S2. The lowest BCUT2D eigenvalue weighted by Gasteiger charge is -2.21. The number of thioether (sulfide) groups is 1. The number of fused-ring (bicyclic) bond motifs is 1. The molecule has 0 bridgehead atoms. The van der Waals surface area contributed by atoms with Crippen molar-refractivity contribution in [3.63, 3.8) is 0 Å². The smallest absolute Gasteiger partial charge is 0.103 e. The summed E-state index contributed by atoms with van der Waals surface area (Å²) in [5.74, 6) is 1.08. The van der Waals surface area contributed by atoms with Crippen LogP contribution in [-0.4, -0.2) is 58.1 Å². The molecule has 0 aliphatic carbocycles. The zero-order valence-corrected chi connectivity index (χ0v) is 17.5. The summed E-state index contributed by atoms with van der Waals surface area (Å²) in [5, 5.41) is 14.8. The summed E-state index contributed by atoms with van der Waals surface area (Å²) in [6.07, 6.45) is 7.61. The molecule has 2 aromatic heterocycles. The summed E-state index contributed by atoms with van der Waals surface area (Å²) in [6, 6.07) is 1.88. The Labute approximate surface area is 168 Å². The Bertz CT molecular complexity index is 692. The molecule has 26 heavy (non-hydrogen) atoms. The number of thiophene rings is 1. The SMILES string of the molecule is CSCCn1cc(CN2CCCc3sc(Cl)cc3C(O)COCC2)cn1. The van der Waals surface area contributed by atoms with Crippen LogP contribution in [0.25, 0.3) is 0 Å². The molecule has 1 unspecified atom stereocenters. The number of rotatable bonds is 5. The van der Waals surface area contributed by atoms with Gasteiger partial charge in [-0.25, -0.2) is 0 Å². The minimum absolute atomic E-state index is 0.320. The normalized spacial score (nSPS) is 19.9. The van der Waals surface area contributed by atoms with E-state index in [1.807, 2.05) is 28.7 Å². The minimum Gasteiger partial charge on any atom is -0.386 e. The number of aryl methyl sites for hydroxylation is 2. The second-order valence-electron chi connectivity index (χ2n) is 6.50. The molecule has 0 radical (unpaired) electrons. The van der Waals surface area contributed by atoms with Gasteiger partial charge in [-0.2, -0.15) is 16.9 Å². The van der Waals surface area contributed by atoms with Gasteiger partial charge in [-0.1, -0.05) is 11.6 Å². The van der Waals surface area contributed by atoms with Crippen LogP contribution in [0.5, 0.6) is 0 Å². The van der Waals surface area contributed by atoms with Crippen molar-refractivity contribution >= 4 is 34.7 Å². The Morgan fingerprint density at radius 2 is 2.35 bits per heavy atom. The van der Waals surface area contributed by atoms with E-state index in [-0.39, 0.29) is 0 Å². The number of hydrogen-bond acceptors (Lipinski definition) is 6. The van der Waals surface area contributed by atoms with Crippen molar-refractivity contribution in [1.82, 2.24) is 14.7 Å². The molecule has 0 spiro atoms. The highest BCUT2D eigenvalue weighted by molar-refractivity contribution is 7.98. The van der Waals surface area contributed by atoms with E-state index in [0.29, 0.717) is 13.2 Å². The summed E-state index contributed by atoms with van der Waals surface area (Å²) >= 11 is 9.56. The van der Waals surface area contributed by atoms with E-state index < -0.39 is 6.10 Å². The fraction of sp³-hybridized carbons (Fsp3) is 0.611. The summed E-state index contributed by atoms with van der Waals surface area (Å²) in [7, 11) is 0. The van der Waals surface area contributed by atoms with Gasteiger partial charge in [-0.3, -0.25) is 9.58 Å². The van der Waals surface area contributed by atoms with Gasteiger partial charge in [-0.05, 0) is 37.3 Å². The first-order valence-corrected chi connectivity index (χ1v) is 11.5. The van der Waals surface area contributed by atoms with E-state index in [1.54, 1.807) is 11.3 Å². The van der Waals surface area contributed by atoms with E-state index in [0.717, 1.165) is 54.7 Å². The van der Waals surface area contributed by atoms with Gasteiger partial charge >= 0.3 is 0 Å². The molecular weight excluding hydrogens is 390 g/mol. The van der Waals surface area contributed by atoms with Crippen LogP contribution in [-0.2, 0) is 24.2 Å². The number of ether oxygens (including phenoxy) is 1. The third-order valence-corrected chi connectivity index (χ3v) is 6.42. The van der Waals surface area contributed by atoms with Crippen LogP contribution in [0.3, 0.4) is 0 Å². The molecule has 0 fully saturated rings. The molecule has 1 aliphatic heterocycles. The molecule has 3 rings (SSSR count). The number of nitrogens with zero attached hydrogens (tertiary/aromatic N) is 3. The van der Waals surface area contributed by atoms with Crippen molar-refractivity contribution in [2.45, 2.75) is 32.0 Å². The van der Waals surface area contributed by atoms with E-state index in [1.165, 1.54) is 10.4 Å². The summed E-state index contributed by atoms with van der Waals surface area (Å²) in [4.78, 5) is 3.58. The first kappa shape index (κ1) is 20.2. The lowest BCUT2D eigenvalue weighted by atomic mass is 10.1. The maximum Gasteiger partial charge on any atom is 0.103 e. The van der Waals surface area contributed by atoms with E-state index in [9.17, 15) is 5.11 Å². The molecule has 0 saturated heterocycles. The van der Waals surface area contributed by atoms with Gasteiger partial charge in [0.25, 0.3) is 0 Å². The van der Waals surface area contributed by atoms with Crippen LogP contribution in [0.1, 0.15) is 28.5 Å². The highest BCUT2D eigenvalue weighted by Gasteiger charge is 2.18. The van der Waals surface area contributed by atoms with Crippen LogP contribution in [0.2, 0.25) is 4.34 Å². The third-order valence-electron chi connectivity index (χ3n) is 4.49. The van der Waals surface area contributed by atoms with Crippen molar-refractivity contribution in [2.24, 2.45) is 0 Å². The molecule has 5 nitrogen and oxygen atoms in total. The van der Waals surface area contributed by atoms with Crippen LogP contribution < -0.4 is 0 Å². The monoisotopic (exact) mass is 415 g/mol. The highest BCUT2D eigenvalue weighted by atomic mass is 35.5. The average molecular weight is 416 g/mol. The number of aliphatic hydroxyl groups excluding tert-OH is 1. The van der Waals surface area contributed by atoms with Gasteiger partial charge in [0, 0.05) is 42.0 Å². The van der Waals surface area contributed by atoms with Crippen LogP contribution in [0.4, 0.5) is 0 Å². The second-order valence-corrected chi connectivity index (χ2v) is 9.26. The maximum absolute atomic E-state index is 10.4. The largest absolute Gasteiger partial charge is 0.386 e. The van der Waals surface area contributed by atoms with Crippen LogP contribution in [0, 0.1) is 0 Å². The van der Waals surface area contributed by atoms with Crippen molar-refractivity contribution in [2.75, 3.05) is 38.3 Å². The Morgan fingerprint density at radius 1 is 1.46 bits per heavy atom. The molecule has 3 heterocycles. The zero-order chi connectivity index (χ0) is 18.4. The maximum atomic E-state index is 10.4. The minimum atomic E-state index is -0.588. The van der Waals surface area contributed by atoms with Crippen molar-refractivity contribution in [1.29, 1.82) is 0 Å². The summed E-state index contributed by atoms with van der Waals surface area (Å²) in [6.45, 7) is 4.61. The Morgan fingerprint density at radius 3 is 3.19 bits per heavy atom. The topological polar surface area (TPSA) is 50.5 Å². The standard InChI is InChI=1S/C18H26ClN3O2S2/c1-25-8-6-22-12-14(10-20-22)11-21-4-2-3-17-15(9-18(19)26-17)16(23)13-24-7-5-21/h9-10,12,16,23H,2-8,11,13H2,1H3.